The Morgan fingerprint density at radius 1 is 1.00 bits per heavy atom. The zero-order chi connectivity index (χ0) is 27.9. The van der Waals surface area contributed by atoms with Crippen LogP contribution in [-0.2, 0) is 25.7 Å². The van der Waals surface area contributed by atoms with Crippen LogP contribution in [0.15, 0.2) is 54.9 Å². The fraction of sp³-hybridized carbons (Fsp3) is 0.345. The largest absolute Gasteiger partial charge is 0.416 e. The molecule has 2 aliphatic rings. The van der Waals surface area contributed by atoms with E-state index in [1.165, 1.54) is 6.07 Å². The van der Waals surface area contributed by atoms with E-state index < -0.39 is 17.6 Å². The van der Waals surface area contributed by atoms with E-state index in [9.17, 15) is 18.0 Å². The van der Waals surface area contributed by atoms with Gasteiger partial charge in [-0.1, -0.05) is 12.1 Å². The van der Waals surface area contributed by atoms with Crippen molar-refractivity contribution in [1.29, 1.82) is 0 Å². The van der Waals surface area contributed by atoms with E-state index >= 15 is 0 Å². The highest BCUT2D eigenvalue weighted by molar-refractivity contribution is 6.05. The van der Waals surface area contributed by atoms with Crippen molar-refractivity contribution in [2.75, 3.05) is 50.0 Å². The molecule has 8 nitrogen and oxygen atoms in total. The van der Waals surface area contributed by atoms with Crippen molar-refractivity contribution < 1.29 is 18.0 Å². The van der Waals surface area contributed by atoms with Gasteiger partial charge < -0.3 is 15.1 Å². The number of alkyl halides is 3. The number of likely N-dealkylation sites (N-methyl/N-ethyl adjacent to an activating group) is 1. The van der Waals surface area contributed by atoms with Crippen LogP contribution >= 0.6 is 0 Å². The number of pyridine rings is 1. The summed E-state index contributed by atoms with van der Waals surface area (Å²) in [6, 6.07) is 11.6. The van der Waals surface area contributed by atoms with Crippen molar-refractivity contribution in [3.05, 3.63) is 82.7 Å². The van der Waals surface area contributed by atoms with Crippen molar-refractivity contribution in [2.45, 2.75) is 25.7 Å². The molecule has 0 bridgehead atoms. The molecular formula is C29H30F3N7O. The van der Waals surface area contributed by atoms with Gasteiger partial charge in [-0.25, -0.2) is 4.98 Å². The van der Waals surface area contributed by atoms with Gasteiger partial charge in [-0.3, -0.25) is 14.8 Å². The number of H-pyrrole nitrogens is 1. The summed E-state index contributed by atoms with van der Waals surface area (Å²) >= 11 is 0. The number of hydrogen-bond acceptors (Lipinski definition) is 6. The van der Waals surface area contributed by atoms with Gasteiger partial charge in [0.05, 0.1) is 11.8 Å². The van der Waals surface area contributed by atoms with Crippen molar-refractivity contribution >= 4 is 28.3 Å². The molecule has 6 rings (SSSR count). The second-order valence-corrected chi connectivity index (χ2v) is 10.6. The molecule has 0 aliphatic carbocycles. The summed E-state index contributed by atoms with van der Waals surface area (Å²) in [5.74, 6) is -0.448. The summed E-state index contributed by atoms with van der Waals surface area (Å²) in [6.07, 6.45) is -0.136. The molecule has 208 valence electrons. The molecule has 0 radical (unpaired) electrons. The standard InChI is InChI=1S/C29H30F3N7O/c1-37-8-10-38(11-9-37)18-22-4-5-24(14-25(22)29(30,31)32)35-28(40)21-3-2-20-6-7-39(26(20)13-21)17-19-12-23-16-34-36-27(23)33-15-19/h2-5,12-16H,6-11,17-18H2,1H3,(H,35,40)(H,33,34,36). The fourth-order valence-electron chi connectivity index (χ4n) is 5.45. The number of nitrogens with zero attached hydrogens (tertiary/aromatic N) is 5. The second-order valence-electron chi connectivity index (χ2n) is 10.6. The van der Waals surface area contributed by atoms with Crippen LogP contribution in [0.4, 0.5) is 24.5 Å². The third kappa shape index (κ3) is 5.52. The number of aromatic amines is 1. The predicted octanol–water partition coefficient (Wildman–Crippen LogP) is 4.54. The van der Waals surface area contributed by atoms with E-state index in [0.29, 0.717) is 12.1 Å². The topological polar surface area (TPSA) is 80.4 Å². The Labute approximate surface area is 229 Å². The molecule has 0 unspecified atom stereocenters. The molecular weight excluding hydrogens is 519 g/mol. The first-order chi connectivity index (χ1) is 19.2. The van der Waals surface area contributed by atoms with Crippen LogP contribution in [0.1, 0.15) is 32.6 Å². The van der Waals surface area contributed by atoms with Gasteiger partial charge in [-0.2, -0.15) is 18.3 Å². The molecule has 0 saturated carbocycles. The quantitative estimate of drug-likeness (QED) is 0.368. The number of anilines is 2. The molecule has 1 saturated heterocycles. The van der Waals surface area contributed by atoms with E-state index in [1.54, 1.807) is 24.5 Å². The smallest absolute Gasteiger partial charge is 0.367 e. The Morgan fingerprint density at radius 2 is 1.82 bits per heavy atom. The van der Waals surface area contributed by atoms with E-state index in [-0.39, 0.29) is 17.8 Å². The van der Waals surface area contributed by atoms with Gasteiger partial charge in [0.15, 0.2) is 5.65 Å². The highest BCUT2D eigenvalue weighted by Gasteiger charge is 2.34. The molecule has 1 fully saturated rings. The molecule has 2 aromatic carbocycles. The molecule has 4 heterocycles. The van der Waals surface area contributed by atoms with E-state index in [1.807, 2.05) is 30.1 Å². The molecule has 11 heteroatoms. The number of piperazine rings is 1. The minimum Gasteiger partial charge on any atom is -0.367 e. The molecule has 2 aromatic heterocycles. The van der Waals surface area contributed by atoms with Crippen LogP contribution < -0.4 is 10.2 Å². The number of hydrogen-bond donors (Lipinski definition) is 2. The first-order valence-electron chi connectivity index (χ1n) is 13.3. The number of aromatic nitrogens is 3. The monoisotopic (exact) mass is 549 g/mol. The van der Waals surface area contributed by atoms with Crippen LogP contribution in [0.25, 0.3) is 11.0 Å². The van der Waals surface area contributed by atoms with E-state index in [0.717, 1.165) is 73.1 Å². The van der Waals surface area contributed by atoms with Crippen LogP contribution in [0.3, 0.4) is 0 Å². The summed E-state index contributed by atoms with van der Waals surface area (Å²) in [4.78, 5) is 23.9. The maximum atomic E-state index is 14.0. The lowest BCUT2D eigenvalue weighted by Crippen LogP contribution is -2.44. The summed E-state index contributed by atoms with van der Waals surface area (Å²) in [5.41, 5.74) is 3.83. The molecule has 2 aliphatic heterocycles. The fourth-order valence-corrected chi connectivity index (χ4v) is 5.45. The predicted molar refractivity (Wildman–Crippen MR) is 147 cm³/mol. The maximum absolute atomic E-state index is 14.0. The molecule has 0 spiro atoms. The normalized spacial score (nSPS) is 16.4. The van der Waals surface area contributed by atoms with Crippen LogP contribution in [0, 0.1) is 0 Å². The third-order valence-corrected chi connectivity index (χ3v) is 7.72. The summed E-state index contributed by atoms with van der Waals surface area (Å²) < 4.78 is 42.0. The first kappa shape index (κ1) is 26.3. The number of fused-ring (bicyclic) bond motifs is 2. The Bertz CT molecular complexity index is 1540. The van der Waals surface area contributed by atoms with Crippen molar-refractivity contribution in [3.8, 4) is 0 Å². The maximum Gasteiger partial charge on any atom is 0.416 e. The highest BCUT2D eigenvalue weighted by atomic mass is 19.4. The number of halogens is 3. The number of rotatable bonds is 6. The average molecular weight is 550 g/mol. The SMILES string of the molecule is CN1CCN(Cc2ccc(NC(=O)c3ccc4c(c3)N(Cc3cnc5[nH]ncc5c3)CC4)cc2C(F)(F)F)CC1. The molecule has 2 N–H and O–H groups in total. The van der Waals surface area contributed by atoms with E-state index in [4.69, 9.17) is 0 Å². The lowest BCUT2D eigenvalue weighted by Gasteiger charge is -2.33. The Morgan fingerprint density at radius 3 is 2.62 bits per heavy atom. The molecule has 1 amide bonds. The van der Waals surface area contributed by atoms with Gasteiger partial charge in [0.25, 0.3) is 5.91 Å². The zero-order valence-electron chi connectivity index (χ0n) is 22.1. The van der Waals surface area contributed by atoms with Crippen molar-refractivity contribution in [2.24, 2.45) is 0 Å². The van der Waals surface area contributed by atoms with Gasteiger partial charge in [0, 0.05) is 74.3 Å². The van der Waals surface area contributed by atoms with Gasteiger partial charge in [-0.15, -0.1) is 0 Å². The number of benzene rings is 2. The number of carbonyl (C=O) groups is 1. The van der Waals surface area contributed by atoms with Crippen molar-refractivity contribution in [3.63, 3.8) is 0 Å². The van der Waals surface area contributed by atoms with E-state index in [2.05, 4.69) is 30.3 Å². The lowest BCUT2D eigenvalue weighted by molar-refractivity contribution is -0.138. The molecule has 4 aromatic rings. The third-order valence-electron chi connectivity index (χ3n) is 7.72. The van der Waals surface area contributed by atoms with Crippen LogP contribution in [0.2, 0.25) is 0 Å². The number of nitrogens with one attached hydrogen (secondary N) is 2. The minimum atomic E-state index is -4.52. The average Bonchev–Trinajstić information content (AvgIpc) is 3.56. The Kier molecular flexibility index (Phi) is 6.93. The van der Waals surface area contributed by atoms with Gasteiger partial charge >= 0.3 is 6.18 Å². The van der Waals surface area contributed by atoms with Crippen molar-refractivity contribution in [1.82, 2.24) is 25.0 Å². The minimum absolute atomic E-state index is 0.122. The van der Waals surface area contributed by atoms with Gasteiger partial charge in [-0.05, 0) is 60.5 Å². The van der Waals surface area contributed by atoms with Crippen LogP contribution in [-0.4, -0.2) is 70.7 Å². The highest BCUT2D eigenvalue weighted by Crippen LogP contribution is 2.35. The molecule has 40 heavy (non-hydrogen) atoms. The number of carbonyl (C=O) groups excluding carboxylic acids is 1. The Balaban J connectivity index is 1.18. The number of amides is 1. The summed E-state index contributed by atoms with van der Waals surface area (Å²) in [7, 11) is 2.01. The lowest BCUT2D eigenvalue weighted by atomic mass is 10.0. The molecule has 0 atom stereocenters. The summed E-state index contributed by atoms with van der Waals surface area (Å²) in [6.45, 7) is 4.73. The Hall–Kier alpha value is -3.96. The second kappa shape index (κ2) is 10.5. The van der Waals surface area contributed by atoms with Gasteiger partial charge in [0.2, 0.25) is 0 Å². The first-order valence-corrected chi connectivity index (χ1v) is 13.3. The van der Waals surface area contributed by atoms with Gasteiger partial charge in [0.1, 0.15) is 0 Å². The van der Waals surface area contributed by atoms with Crippen LogP contribution in [0.5, 0.6) is 0 Å². The summed E-state index contributed by atoms with van der Waals surface area (Å²) in [5, 5.41) is 10.5. The zero-order valence-corrected chi connectivity index (χ0v) is 22.1.